The van der Waals surface area contributed by atoms with E-state index >= 15 is 0 Å². The Morgan fingerprint density at radius 3 is 2.66 bits per heavy atom. The number of nitrogens with zero attached hydrogens (tertiary/aromatic N) is 1. The Kier molecular flexibility index (Phi) is 6.27. The van der Waals surface area contributed by atoms with Gasteiger partial charge in [0, 0.05) is 17.9 Å². The largest absolute Gasteiger partial charge is 0.497 e. The van der Waals surface area contributed by atoms with Crippen molar-refractivity contribution in [3.8, 4) is 5.75 Å². The minimum absolute atomic E-state index is 0.130. The molecule has 0 unspecified atom stereocenters. The van der Waals surface area contributed by atoms with Gasteiger partial charge in [0.25, 0.3) is 5.56 Å². The number of hydrogen-bond acceptors (Lipinski definition) is 6. The van der Waals surface area contributed by atoms with E-state index in [9.17, 15) is 14.4 Å². The van der Waals surface area contributed by atoms with Crippen LogP contribution in [0.15, 0.2) is 58.5 Å². The van der Waals surface area contributed by atoms with Gasteiger partial charge in [-0.1, -0.05) is 36.0 Å². The van der Waals surface area contributed by atoms with Crippen molar-refractivity contribution in [3.05, 3.63) is 75.6 Å². The molecule has 8 nitrogen and oxygen atoms in total. The zero-order valence-corrected chi connectivity index (χ0v) is 18.4. The molecule has 2 aromatic carbocycles. The Labute approximate surface area is 188 Å². The normalized spacial score (nSPS) is 14.9. The van der Waals surface area contributed by atoms with Gasteiger partial charge in [-0.25, -0.2) is 4.98 Å². The number of aromatic amines is 1. The summed E-state index contributed by atoms with van der Waals surface area (Å²) in [5.41, 5.74) is 2.54. The van der Waals surface area contributed by atoms with Crippen LogP contribution in [0, 0.1) is 6.92 Å². The van der Waals surface area contributed by atoms with Gasteiger partial charge in [-0.15, -0.1) is 0 Å². The number of ether oxygens (including phenoxy) is 1. The van der Waals surface area contributed by atoms with E-state index in [1.807, 2.05) is 31.2 Å². The predicted octanol–water partition coefficient (Wildman–Crippen LogP) is 3.44. The number of aryl methyl sites for hydroxylation is 1. The summed E-state index contributed by atoms with van der Waals surface area (Å²) < 4.78 is 5.11. The first-order valence-corrected chi connectivity index (χ1v) is 11.0. The van der Waals surface area contributed by atoms with Gasteiger partial charge in [0.15, 0.2) is 5.16 Å². The van der Waals surface area contributed by atoms with Crippen LogP contribution in [0.3, 0.4) is 0 Å². The molecule has 0 bridgehead atoms. The molecule has 9 heteroatoms. The lowest BCUT2D eigenvalue weighted by Gasteiger charge is -2.23. The van der Waals surface area contributed by atoms with E-state index in [1.165, 1.54) is 11.8 Å². The number of carbonyl (C=O) groups is 2. The number of aromatic nitrogens is 2. The molecular weight excluding hydrogens is 428 g/mol. The number of carbonyl (C=O) groups excluding carboxylic acids is 2. The van der Waals surface area contributed by atoms with Gasteiger partial charge in [-0.3, -0.25) is 14.4 Å². The van der Waals surface area contributed by atoms with Crippen molar-refractivity contribution in [2.45, 2.75) is 30.2 Å². The number of methoxy groups -OCH3 is 1. The quantitative estimate of drug-likeness (QED) is 0.392. The van der Waals surface area contributed by atoms with Crippen LogP contribution in [0.25, 0.3) is 0 Å². The Morgan fingerprint density at radius 1 is 1.19 bits per heavy atom. The third kappa shape index (κ3) is 4.67. The number of nitrogens with one attached hydrogen (secondary N) is 3. The van der Waals surface area contributed by atoms with Gasteiger partial charge in [0.2, 0.25) is 11.8 Å². The van der Waals surface area contributed by atoms with Crippen molar-refractivity contribution in [2.75, 3.05) is 17.7 Å². The third-order valence-electron chi connectivity index (χ3n) is 5.23. The van der Waals surface area contributed by atoms with Crippen molar-refractivity contribution < 1.29 is 14.3 Å². The fraction of sp³-hybridized carbons (Fsp3) is 0.217. The van der Waals surface area contributed by atoms with Crippen LogP contribution in [-0.4, -0.2) is 28.9 Å². The second-order valence-electron chi connectivity index (χ2n) is 7.37. The molecule has 1 atom stereocenters. The summed E-state index contributed by atoms with van der Waals surface area (Å²) in [6, 6.07) is 14.8. The highest BCUT2D eigenvalue weighted by atomic mass is 32.2. The average Bonchev–Trinajstić information content (AvgIpc) is 2.78. The minimum Gasteiger partial charge on any atom is -0.497 e. The topological polar surface area (TPSA) is 113 Å². The molecule has 0 radical (unpaired) electrons. The fourth-order valence-electron chi connectivity index (χ4n) is 3.46. The van der Waals surface area contributed by atoms with Gasteiger partial charge in [-0.2, -0.15) is 0 Å². The molecule has 1 aliphatic heterocycles. The van der Waals surface area contributed by atoms with Crippen LogP contribution in [0.4, 0.5) is 11.5 Å². The molecule has 164 valence electrons. The standard InChI is InChI=1S/C23H22N4O4S/c1-13-5-3-4-6-14(13)12-32-23-26-20-19(22(30)27-23)17(11-18(28)25-20)21(29)24-15-7-9-16(31-2)10-8-15/h3-10,17H,11-12H2,1-2H3,(H,24,29)(H2,25,26,27,28,30)/t17-/m0/s1. The molecule has 4 rings (SSSR count). The van der Waals surface area contributed by atoms with Crippen molar-refractivity contribution in [2.24, 2.45) is 0 Å². The van der Waals surface area contributed by atoms with E-state index in [4.69, 9.17) is 4.74 Å². The van der Waals surface area contributed by atoms with E-state index in [-0.39, 0.29) is 23.7 Å². The minimum atomic E-state index is -0.937. The molecular formula is C23H22N4O4S. The Hall–Kier alpha value is -3.59. The number of benzene rings is 2. The van der Waals surface area contributed by atoms with E-state index < -0.39 is 17.4 Å². The lowest BCUT2D eigenvalue weighted by Crippen LogP contribution is -2.36. The molecule has 0 saturated heterocycles. The molecule has 1 aromatic heterocycles. The maximum atomic E-state index is 12.9. The van der Waals surface area contributed by atoms with E-state index in [0.29, 0.717) is 22.3 Å². The molecule has 1 aliphatic rings. The zero-order chi connectivity index (χ0) is 22.7. The molecule has 0 fully saturated rings. The van der Waals surface area contributed by atoms with Crippen LogP contribution in [-0.2, 0) is 15.3 Å². The van der Waals surface area contributed by atoms with Gasteiger partial charge in [0.1, 0.15) is 11.6 Å². The number of rotatable bonds is 6. The van der Waals surface area contributed by atoms with Crippen LogP contribution in [0.5, 0.6) is 5.75 Å². The number of H-pyrrole nitrogens is 1. The van der Waals surface area contributed by atoms with Crippen molar-refractivity contribution >= 4 is 35.1 Å². The van der Waals surface area contributed by atoms with E-state index in [2.05, 4.69) is 20.6 Å². The lowest BCUT2D eigenvalue weighted by molar-refractivity contribution is -0.123. The second-order valence-corrected chi connectivity index (χ2v) is 8.34. The second kappa shape index (κ2) is 9.27. The molecule has 3 aromatic rings. The first kappa shape index (κ1) is 21.6. The van der Waals surface area contributed by atoms with Crippen LogP contribution in [0.2, 0.25) is 0 Å². The molecule has 2 amide bonds. The number of hydrogen-bond donors (Lipinski definition) is 3. The third-order valence-corrected chi connectivity index (χ3v) is 6.15. The summed E-state index contributed by atoms with van der Waals surface area (Å²) in [7, 11) is 1.55. The highest BCUT2D eigenvalue weighted by Crippen LogP contribution is 2.31. The Morgan fingerprint density at radius 2 is 1.94 bits per heavy atom. The Balaban J connectivity index is 1.56. The molecule has 3 N–H and O–H groups in total. The van der Waals surface area contributed by atoms with Crippen LogP contribution in [0.1, 0.15) is 29.0 Å². The van der Waals surface area contributed by atoms with Crippen molar-refractivity contribution in [1.82, 2.24) is 9.97 Å². The molecule has 0 aliphatic carbocycles. The summed E-state index contributed by atoms with van der Waals surface area (Å²) in [5, 5.41) is 5.78. The highest BCUT2D eigenvalue weighted by molar-refractivity contribution is 7.98. The monoisotopic (exact) mass is 450 g/mol. The summed E-state index contributed by atoms with van der Waals surface area (Å²) in [6.07, 6.45) is -0.130. The molecule has 0 saturated carbocycles. The molecule has 0 spiro atoms. The summed E-state index contributed by atoms with van der Waals surface area (Å²) >= 11 is 1.36. The highest BCUT2D eigenvalue weighted by Gasteiger charge is 2.34. The van der Waals surface area contributed by atoms with Crippen molar-refractivity contribution in [1.29, 1.82) is 0 Å². The summed E-state index contributed by atoms with van der Waals surface area (Å²) in [5.74, 6) is -0.343. The summed E-state index contributed by atoms with van der Waals surface area (Å²) in [6.45, 7) is 2.02. The lowest BCUT2D eigenvalue weighted by atomic mass is 9.92. The smallest absolute Gasteiger partial charge is 0.257 e. The Bertz CT molecular complexity index is 1220. The van der Waals surface area contributed by atoms with Gasteiger partial charge in [0.05, 0.1) is 18.6 Å². The predicted molar refractivity (Wildman–Crippen MR) is 123 cm³/mol. The molecule has 32 heavy (non-hydrogen) atoms. The van der Waals surface area contributed by atoms with Crippen LogP contribution >= 0.6 is 11.8 Å². The zero-order valence-electron chi connectivity index (χ0n) is 17.6. The van der Waals surface area contributed by atoms with Crippen LogP contribution < -0.4 is 20.9 Å². The first-order valence-electron chi connectivity index (χ1n) is 10.0. The maximum Gasteiger partial charge on any atom is 0.257 e. The van der Waals surface area contributed by atoms with Crippen molar-refractivity contribution in [3.63, 3.8) is 0 Å². The van der Waals surface area contributed by atoms with E-state index in [0.717, 1.165) is 11.1 Å². The maximum absolute atomic E-state index is 12.9. The SMILES string of the molecule is COc1ccc(NC(=O)[C@H]2CC(=O)Nc3nc(SCc4ccccc4C)[nH]c(=O)c32)cc1. The summed E-state index contributed by atoms with van der Waals surface area (Å²) in [4.78, 5) is 45.2. The number of amides is 2. The molecule has 2 heterocycles. The van der Waals surface area contributed by atoms with Gasteiger partial charge >= 0.3 is 0 Å². The van der Waals surface area contributed by atoms with E-state index in [1.54, 1.807) is 31.4 Å². The number of fused-ring (bicyclic) bond motifs is 1. The number of thioether (sulfide) groups is 1. The van der Waals surface area contributed by atoms with Gasteiger partial charge < -0.3 is 20.4 Å². The fourth-order valence-corrected chi connectivity index (χ4v) is 4.40. The van der Waals surface area contributed by atoms with Gasteiger partial charge in [-0.05, 0) is 42.3 Å². The number of anilines is 2. The average molecular weight is 451 g/mol. The first-order chi connectivity index (χ1) is 15.4.